The van der Waals surface area contributed by atoms with E-state index in [0.717, 1.165) is 6.42 Å². The van der Waals surface area contributed by atoms with Gasteiger partial charge in [0.05, 0.1) is 5.92 Å². The maximum atomic E-state index is 11.8. The van der Waals surface area contributed by atoms with Crippen LogP contribution in [0.25, 0.3) is 0 Å². The fourth-order valence-corrected chi connectivity index (χ4v) is 3.64. The molecule has 1 spiro atoms. The number of nitrogens with one attached hydrogen (secondary N) is 2. The SMILES string of the molecule is O=C1NC(=O)[C@]2(C[C@@H]3C[C@H](C(=O)O)[C@@H]2C3)N1. The maximum absolute atomic E-state index is 11.8. The van der Waals surface area contributed by atoms with Gasteiger partial charge in [-0.2, -0.15) is 0 Å². The van der Waals surface area contributed by atoms with E-state index in [1.807, 2.05) is 0 Å². The van der Waals surface area contributed by atoms with Gasteiger partial charge in [-0.05, 0) is 25.2 Å². The summed E-state index contributed by atoms with van der Waals surface area (Å²) in [6.07, 6.45) is 1.94. The molecular formula is C10H12N2O4. The van der Waals surface area contributed by atoms with Gasteiger partial charge in [-0.3, -0.25) is 14.9 Å². The topological polar surface area (TPSA) is 95.5 Å². The first-order chi connectivity index (χ1) is 7.53. The molecule has 2 bridgehead atoms. The first-order valence-corrected chi connectivity index (χ1v) is 5.39. The maximum Gasteiger partial charge on any atom is 0.322 e. The smallest absolute Gasteiger partial charge is 0.322 e. The molecule has 6 nitrogen and oxygen atoms in total. The molecular weight excluding hydrogens is 212 g/mol. The number of carbonyl (C=O) groups is 3. The van der Waals surface area contributed by atoms with Gasteiger partial charge in [-0.1, -0.05) is 0 Å². The number of rotatable bonds is 1. The van der Waals surface area contributed by atoms with Crippen LogP contribution >= 0.6 is 0 Å². The lowest BCUT2D eigenvalue weighted by Crippen LogP contribution is -2.54. The highest BCUT2D eigenvalue weighted by Crippen LogP contribution is 2.54. The number of amides is 3. The Labute approximate surface area is 91.4 Å². The molecule has 2 saturated carbocycles. The summed E-state index contributed by atoms with van der Waals surface area (Å²) in [6, 6.07) is -0.498. The summed E-state index contributed by atoms with van der Waals surface area (Å²) in [4.78, 5) is 34.0. The zero-order valence-corrected chi connectivity index (χ0v) is 8.53. The van der Waals surface area contributed by atoms with Crippen LogP contribution in [-0.4, -0.2) is 28.6 Å². The summed E-state index contributed by atoms with van der Waals surface area (Å²) in [6.45, 7) is 0. The van der Waals surface area contributed by atoms with E-state index in [4.69, 9.17) is 5.11 Å². The molecule has 0 radical (unpaired) electrons. The predicted molar refractivity (Wildman–Crippen MR) is 51.4 cm³/mol. The first-order valence-electron chi connectivity index (χ1n) is 5.39. The van der Waals surface area contributed by atoms with Crippen molar-refractivity contribution in [3.8, 4) is 0 Å². The number of hydrogen-bond acceptors (Lipinski definition) is 3. The number of hydrogen-bond donors (Lipinski definition) is 3. The Bertz CT molecular complexity index is 408. The molecule has 3 rings (SSSR count). The van der Waals surface area contributed by atoms with E-state index in [1.54, 1.807) is 0 Å². The van der Waals surface area contributed by atoms with E-state index in [9.17, 15) is 14.4 Å². The number of carboxylic acids is 1. The summed E-state index contributed by atoms with van der Waals surface area (Å²) >= 11 is 0. The lowest BCUT2D eigenvalue weighted by atomic mass is 9.74. The van der Waals surface area contributed by atoms with Gasteiger partial charge in [-0.15, -0.1) is 0 Å². The Morgan fingerprint density at radius 3 is 2.62 bits per heavy atom. The zero-order valence-electron chi connectivity index (χ0n) is 8.53. The Balaban J connectivity index is 1.96. The second kappa shape index (κ2) is 2.75. The fraction of sp³-hybridized carbons (Fsp3) is 0.700. The normalized spacial score (nSPS) is 44.9. The Morgan fingerprint density at radius 1 is 1.38 bits per heavy atom. The molecule has 1 saturated heterocycles. The van der Waals surface area contributed by atoms with Crippen LogP contribution in [0.2, 0.25) is 0 Å². The van der Waals surface area contributed by atoms with Gasteiger partial charge in [0.15, 0.2) is 0 Å². The Morgan fingerprint density at radius 2 is 2.12 bits per heavy atom. The van der Waals surface area contributed by atoms with Crippen LogP contribution in [-0.2, 0) is 9.59 Å². The molecule has 4 atom stereocenters. The van der Waals surface area contributed by atoms with Gasteiger partial charge in [0.1, 0.15) is 5.54 Å². The van der Waals surface area contributed by atoms with Gasteiger partial charge >= 0.3 is 12.0 Å². The molecule has 0 aromatic heterocycles. The second-order valence-corrected chi connectivity index (χ2v) is 4.97. The van der Waals surface area contributed by atoms with E-state index in [0.29, 0.717) is 12.8 Å². The minimum atomic E-state index is -0.941. The van der Waals surface area contributed by atoms with Crippen molar-refractivity contribution in [1.29, 1.82) is 0 Å². The van der Waals surface area contributed by atoms with E-state index in [-0.39, 0.29) is 17.7 Å². The molecule has 1 heterocycles. The van der Waals surface area contributed by atoms with E-state index >= 15 is 0 Å². The molecule has 3 N–H and O–H groups in total. The minimum absolute atomic E-state index is 0.246. The number of carboxylic acid groups (broad SMARTS) is 1. The quantitative estimate of drug-likeness (QED) is 0.532. The van der Waals surface area contributed by atoms with Gasteiger partial charge in [0.25, 0.3) is 5.91 Å². The number of carbonyl (C=O) groups excluding carboxylic acids is 2. The third-order valence-electron chi connectivity index (χ3n) is 4.19. The molecule has 3 amide bonds. The highest BCUT2D eigenvalue weighted by molar-refractivity contribution is 6.07. The van der Waals surface area contributed by atoms with Gasteiger partial charge in [0, 0.05) is 5.92 Å². The molecule has 86 valence electrons. The minimum Gasteiger partial charge on any atom is -0.481 e. The average molecular weight is 224 g/mol. The van der Waals surface area contributed by atoms with Crippen molar-refractivity contribution in [2.45, 2.75) is 24.8 Å². The van der Waals surface area contributed by atoms with Crippen molar-refractivity contribution in [3.05, 3.63) is 0 Å². The highest BCUT2D eigenvalue weighted by Gasteiger charge is 2.64. The third-order valence-corrected chi connectivity index (χ3v) is 4.19. The molecule has 0 aromatic rings. The standard InChI is InChI=1S/C10H12N2O4/c13-7(14)5-1-4-2-6(5)10(3-4)8(15)11-9(16)12-10/h4-6H,1-3H2,(H,13,14)(H2,11,12,15,16)/t4-,5+,6+,10-/m1/s1. The van der Waals surface area contributed by atoms with Gasteiger partial charge in [0.2, 0.25) is 0 Å². The molecule has 0 aromatic carbocycles. The molecule has 3 aliphatic rings. The van der Waals surface area contributed by atoms with Crippen LogP contribution in [0, 0.1) is 17.8 Å². The van der Waals surface area contributed by atoms with Crippen LogP contribution < -0.4 is 10.6 Å². The summed E-state index contributed by atoms with van der Waals surface area (Å²) in [5, 5.41) is 13.9. The third kappa shape index (κ3) is 0.989. The summed E-state index contributed by atoms with van der Waals surface area (Å²) in [7, 11) is 0. The molecule has 6 heteroatoms. The molecule has 0 unspecified atom stereocenters. The molecule has 16 heavy (non-hydrogen) atoms. The molecule has 2 aliphatic carbocycles. The number of imide groups is 1. The summed E-state index contributed by atoms with van der Waals surface area (Å²) < 4.78 is 0. The summed E-state index contributed by atoms with van der Waals surface area (Å²) in [5.41, 5.74) is -0.941. The van der Waals surface area contributed by atoms with Crippen molar-refractivity contribution in [2.24, 2.45) is 17.8 Å². The lowest BCUT2D eigenvalue weighted by molar-refractivity contribution is -0.145. The van der Waals surface area contributed by atoms with Crippen LogP contribution in [0.1, 0.15) is 19.3 Å². The first kappa shape index (κ1) is 9.62. The lowest BCUT2D eigenvalue weighted by Gasteiger charge is -2.33. The highest BCUT2D eigenvalue weighted by atomic mass is 16.4. The largest absolute Gasteiger partial charge is 0.481 e. The van der Waals surface area contributed by atoms with Crippen LogP contribution in [0.15, 0.2) is 0 Å². The number of aliphatic carboxylic acids is 1. The van der Waals surface area contributed by atoms with Crippen molar-refractivity contribution in [2.75, 3.05) is 0 Å². The van der Waals surface area contributed by atoms with Crippen molar-refractivity contribution >= 4 is 17.9 Å². The van der Waals surface area contributed by atoms with Crippen LogP contribution in [0.4, 0.5) is 4.79 Å². The predicted octanol–water partition coefficient (Wildman–Crippen LogP) is -0.305. The number of urea groups is 1. The molecule has 1 aliphatic heterocycles. The van der Waals surface area contributed by atoms with Gasteiger partial charge in [-0.25, -0.2) is 4.79 Å². The fourth-order valence-electron chi connectivity index (χ4n) is 3.64. The van der Waals surface area contributed by atoms with Crippen LogP contribution in [0.5, 0.6) is 0 Å². The Kier molecular flexibility index (Phi) is 1.65. The summed E-state index contributed by atoms with van der Waals surface area (Å²) in [5.74, 6) is -1.71. The van der Waals surface area contributed by atoms with Crippen molar-refractivity contribution in [3.63, 3.8) is 0 Å². The molecule has 3 fully saturated rings. The zero-order chi connectivity index (χ0) is 11.5. The van der Waals surface area contributed by atoms with Crippen molar-refractivity contribution < 1.29 is 19.5 Å². The van der Waals surface area contributed by atoms with E-state index in [1.165, 1.54) is 0 Å². The van der Waals surface area contributed by atoms with Gasteiger partial charge < -0.3 is 10.4 Å². The average Bonchev–Trinajstić information content (AvgIpc) is 2.80. The van der Waals surface area contributed by atoms with E-state index in [2.05, 4.69) is 10.6 Å². The van der Waals surface area contributed by atoms with Crippen LogP contribution in [0.3, 0.4) is 0 Å². The monoisotopic (exact) mass is 224 g/mol. The van der Waals surface area contributed by atoms with Crippen molar-refractivity contribution in [1.82, 2.24) is 10.6 Å². The second-order valence-electron chi connectivity index (χ2n) is 4.97. The number of fused-ring (bicyclic) bond motifs is 3. The Hall–Kier alpha value is -1.59. The van der Waals surface area contributed by atoms with E-state index < -0.39 is 23.5 Å².